The van der Waals surface area contributed by atoms with Crippen molar-refractivity contribution in [2.24, 2.45) is 0 Å². The Morgan fingerprint density at radius 2 is 0.676 bits per heavy atom. The van der Waals surface area contributed by atoms with E-state index in [4.69, 9.17) is 11.5 Å². The summed E-state index contributed by atoms with van der Waals surface area (Å²) >= 11 is 0. The number of hydrogen-bond acceptors (Lipinski definition) is 2. The van der Waals surface area contributed by atoms with E-state index in [1.807, 2.05) is 48.5 Å². The molecule has 0 saturated carbocycles. The minimum absolute atomic E-state index is 0.782. The lowest BCUT2D eigenvalue weighted by molar-refractivity contribution is 1.61. The Labute approximate surface area is 200 Å². The van der Waals surface area contributed by atoms with E-state index < -0.39 is 0 Å². The lowest BCUT2D eigenvalue weighted by Crippen LogP contribution is -1.85. The van der Waals surface area contributed by atoms with Crippen LogP contribution in [0.4, 0.5) is 11.4 Å². The van der Waals surface area contributed by atoms with E-state index >= 15 is 0 Å². The first-order valence-electron chi connectivity index (χ1n) is 11.4. The van der Waals surface area contributed by atoms with Gasteiger partial charge in [0.1, 0.15) is 0 Å². The number of nitrogens with two attached hydrogens (primary N) is 2. The second-order valence-electron chi connectivity index (χ2n) is 8.30. The Hall–Kier alpha value is -4.56. The minimum Gasteiger partial charge on any atom is -0.399 e. The van der Waals surface area contributed by atoms with Gasteiger partial charge in [-0.25, -0.2) is 0 Å². The lowest BCUT2D eigenvalue weighted by atomic mass is 9.94. The molecular weight excluding hydrogens is 412 g/mol. The van der Waals surface area contributed by atoms with Gasteiger partial charge in [-0.2, -0.15) is 0 Å². The molecule has 34 heavy (non-hydrogen) atoms. The average molecular weight is 439 g/mol. The van der Waals surface area contributed by atoms with Gasteiger partial charge in [0.2, 0.25) is 0 Å². The Bertz CT molecular complexity index is 1420. The van der Waals surface area contributed by atoms with E-state index in [9.17, 15) is 0 Å². The molecule has 2 heteroatoms. The number of nitrogen functional groups attached to an aromatic ring is 2. The summed E-state index contributed by atoms with van der Waals surface area (Å²) in [4.78, 5) is 0. The van der Waals surface area contributed by atoms with Crippen molar-refractivity contribution in [3.8, 4) is 22.3 Å². The zero-order chi connectivity index (χ0) is 23.3. The predicted molar refractivity (Wildman–Crippen MR) is 148 cm³/mol. The predicted octanol–water partition coefficient (Wildman–Crippen LogP) is 8.18. The smallest absolute Gasteiger partial charge is 0.0314 e. The summed E-state index contributed by atoms with van der Waals surface area (Å²) < 4.78 is 0. The summed E-state index contributed by atoms with van der Waals surface area (Å²) in [6, 6.07) is 45.8. The van der Waals surface area contributed by atoms with Crippen LogP contribution >= 0.6 is 0 Å². The second-order valence-corrected chi connectivity index (χ2v) is 8.30. The highest BCUT2D eigenvalue weighted by atomic mass is 14.5. The zero-order valence-corrected chi connectivity index (χ0v) is 18.9. The van der Waals surface area contributed by atoms with Crippen molar-refractivity contribution >= 4 is 32.9 Å². The van der Waals surface area contributed by atoms with Gasteiger partial charge in [-0.15, -0.1) is 0 Å². The molecule has 0 aliphatic rings. The maximum Gasteiger partial charge on any atom is 0.0314 e. The van der Waals surface area contributed by atoms with Gasteiger partial charge in [0.25, 0.3) is 0 Å². The zero-order valence-electron chi connectivity index (χ0n) is 18.9. The van der Waals surface area contributed by atoms with Crippen molar-refractivity contribution in [2.45, 2.75) is 0 Å². The van der Waals surface area contributed by atoms with E-state index in [1.54, 1.807) is 0 Å². The number of benzene rings is 6. The molecule has 0 aliphatic heterocycles. The van der Waals surface area contributed by atoms with Gasteiger partial charge >= 0.3 is 0 Å². The molecule has 0 bridgehead atoms. The molecule has 0 fully saturated rings. The molecule has 0 unspecified atom stereocenters. The van der Waals surface area contributed by atoms with E-state index in [2.05, 4.69) is 84.9 Å². The molecule has 0 heterocycles. The number of fused-ring (bicyclic) bond motifs is 2. The molecule has 6 rings (SSSR count). The maximum atomic E-state index is 5.61. The molecule has 0 radical (unpaired) electrons. The van der Waals surface area contributed by atoms with Gasteiger partial charge in [-0.3, -0.25) is 0 Å². The molecule has 6 aromatic rings. The third-order valence-corrected chi connectivity index (χ3v) is 6.02. The Balaban J connectivity index is 0.000000152. The molecule has 164 valence electrons. The molecule has 4 N–H and O–H groups in total. The summed E-state index contributed by atoms with van der Waals surface area (Å²) in [7, 11) is 0. The minimum atomic E-state index is 0.782. The first-order valence-corrected chi connectivity index (χ1v) is 11.4. The van der Waals surface area contributed by atoms with Crippen LogP contribution in [-0.2, 0) is 0 Å². The van der Waals surface area contributed by atoms with Gasteiger partial charge in [0, 0.05) is 11.4 Å². The molecule has 6 aromatic carbocycles. The molecule has 0 spiro atoms. The molecule has 2 nitrogen and oxygen atoms in total. The summed E-state index contributed by atoms with van der Waals surface area (Å²) in [5.41, 5.74) is 17.7. The fourth-order valence-electron chi connectivity index (χ4n) is 4.27. The van der Waals surface area contributed by atoms with Crippen molar-refractivity contribution in [1.29, 1.82) is 0 Å². The standard InChI is InChI=1S/C20H14.C12H12N2/c1-3-11-17-15(7-1)9-5-13-19(17)20-14-6-10-16-8-2-4-12-18(16)20;13-11-5-1-9(2-6-11)10-3-7-12(14)8-4-10/h1-14H;1-8H,13-14H2. The van der Waals surface area contributed by atoms with Crippen molar-refractivity contribution in [3.05, 3.63) is 133 Å². The topological polar surface area (TPSA) is 52.0 Å². The molecule has 0 atom stereocenters. The van der Waals surface area contributed by atoms with Gasteiger partial charge in [0.15, 0.2) is 0 Å². The van der Waals surface area contributed by atoms with Gasteiger partial charge in [-0.1, -0.05) is 109 Å². The van der Waals surface area contributed by atoms with Gasteiger partial charge in [0.05, 0.1) is 0 Å². The fourth-order valence-corrected chi connectivity index (χ4v) is 4.27. The summed E-state index contributed by atoms with van der Waals surface area (Å²) in [6.45, 7) is 0. The maximum absolute atomic E-state index is 5.61. The monoisotopic (exact) mass is 438 g/mol. The largest absolute Gasteiger partial charge is 0.399 e. The summed E-state index contributed by atoms with van der Waals surface area (Å²) in [6.07, 6.45) is 0. The highest BCUT2D eigenvalue weighted by molar-refractivity contribution is 6.05. The van der Waals surface area contributed by atoms with Crippen LogP contribution in [0.5, 0.6) is 0 Å². The number of rotatable bonds is 2. The van der Waals surface area contributed by atoms with Crippen LogP contribution in [0, 0.1) is 0 Å². The van der Waals surface area contributed by atoms with E-state index in [1.165, 1.54) is 32.7 Å². The van der Waals surface area contributed by atoms with Crippen LogP contribution in [-0.4, -0.2) is 0 Å². The number of anilines is 2. The quantitative estimate of drug-likeness (QED) is 0.268. The highest BCUT2D eigenvalue weighted by Crippen LogP contribution is 2.33. The van der Waals surface area contributed by atoms with Crippen LogP contribution in [0.25, 0.3) is 43.8 Å². The normalized spacial score (nSPS) is 10.6. The third kappa shape index (κ3) is 4.48. The van der Waals surface area contributed by atoms with Crippen LogP contribution < -0.4 is 11.5 Å². The summed E-state index contributed by atoms with van der Waals surface area (Å²) in [5, 5.41) is 5.20. The van der Waals surface area contributed by atoms with Crippen LogP contribution in [0.1, 0.15) is 0 Å². The first-order chi connectivity index (χ1) is 16.7. The van der Waals surface area contributed by atoms with E-state index in [0.29, 0.717) is 0 Å². The Morgan fingerprint density at radius 3 is 1.09 bits per heavy atom. The molecule has 0 amide bonds. The second kappa shape index (κ2) is 9.51. The van der Waals surface area contributed by atoms with Gasteiger partial charge < -0.3 is 11.5 Å². The highest BCUT2D eigenvalue weighted by Gasteiger charge is 2.06. The number of hydrogen-bond donors (Lipinski definition) is 2. The van der Waals surface area contributed by atoms with Crippen LogP contribution in [0.2, 0.25) is 0 Å². The first kappa shape index (κ1) is 21.3. The van der Waals surface area contributed by atoms with Crippen molar-refractivity contribution in [2.75, 3.05) is 11.5 Å². The summed E-state index contributed by atoms with van der Waals surface area (Å²) in [5.74, 6) is 0. The Morgan fingerprint density at radius 1 is 0.324 bits per heavy atom. The lowest BCUT2D eigenvalue weighted by Gasteiger charge is -2.10. The fraction of sp³-hybridized carbons (Fsp3) is 0. The Kier molecular flexibility index (Phi) is 5.96. The van der Waals surface area contributed by atoms with Crippen LogP contribution in [0.3, 0.4) is 0 Å². The average Bonchev–Trinajstić information content (AvgIpc) is 2.89. The van der Waals surface area contributed by atoms with Crippen LogP contribution in [0.15, 0.2) is 133 Å². The van der Waals surface area contributed by atoms with Crippen molar-refractivity contribution < 1.29 is 0 Å². The molecule has 0 aliphatic carbocycles. The molecule has 0 saturated heterocycles. The third-order valence-electron chi connectivity index (χ3n) is 6.02. The molecular formula is C32H26N2. The SMILES string of the molecule is Nc1ccc(-c2ccc(N)cc2)cc1.c1ccc2c(-c3cccc4ccccc34)cccc2c1. The van der Waals surface area contributed by atoms with Gasteiger partial charge in [-0.05, 0) is 68.1 Å². The van der Waals surface area contributed by atoms with E-state index in [-0.39, 0.29) is 0 Å². The molecule has 0 aromatic heterocycles. The van der Waals surface area contributed by atoms with Crippen molar-refractivity contribution in [3.63, 3.8) is 0 Å². The van der Waals surface area contributed by atoms with E-state index in [0.717, 1.165) is 22.5 Å². The van der Waals surface area contributed by atoms with Crippen molar-refractivity contribution in [1.82, 2.24) is 0 Å².